The average molecular weight is 476 g/mol. The molecule has 0 bridgehead atoms. The van der Waals surface area contributed by atoms with E-state index in [-0.39, 0.29) is 10.8 Å². The second-order valence-corrected chi connectivity index (χ2v) is 13.4. The Morgan fingerprint density at radius 2 is 0.933 bits per heavy atom. The Balaban J connectivity index is 2.15. The fraction of sp³-hybridized carbons (Fsp3) is 0.462. The molecule has 2 aliphatic carbocycles. The Morgan fingerprint density at radius 3 is 1.13 bits per heavy atom. The van der Waals surface area contributed by atoms with Crippen LogP contribution in [0.5, 0.6) is 0 Å². The maximum Gasteiger partial charge on any atom is 0.155 e. The highest BCUT2D eigenvalue weighted by Gasteiger charge is 2.43. The highest BCUT2D eigenvalue weighted by molar-refractivity contribution is 6.98. The highest BCUT2D eigenvalue weighted by Crippen LogP contribution is 2.51. The quantitative estimate of drug-likeness (QED) is 0.322. The van der Waals surface area contributed by atoms with Gasteiger partial charge in [-0.2, -0.15) is 22.2 Å². The monoisotopic (exact) mass is 474 g/mol. The molecule has 162 valence electrons. The molecule has 0 heterocycles. The van der Waals surface area contributed by atoms with Crippen molar-refractivity contribution in [3.63, 3.8) is 0 Å². The number of benzene rings is 1. The van der Waals surface area contributed by atoms with Crippen LogP contribution in [0.1, 0.15) is 66.5 Å². The highest BCUT2D eigenvalue weighted by atomic mass is 35.6. The standard InChI is InChI=1S/C26H36Cl2Si2/c1-15(2)25(13-23(29-27)17(5)19(25)7)21-9-11-22(12-10-21)26(16(3)4)14-24(30-28)18(6)20(26)8/h9-16H,29-30H2,1-8H3. The lowest BCUT2D eigenvalue weighted by molar-refractivity contribution is 0.441. The second-order valence-electron chi connectivity index (χ2n) is 9.73. The van der Waals surface area contributed by atoms with Crippen LogP contribution in [0, 0.1) is 11.8 Å². The molecule has 0 spiro atoms. The fourth-order valence-electron chi connectivity index (χ4n) is 5.85. The van der Waals surface area contributed by atoms with Crippen molar-refractivity contribution in [3.8, 4) is 0 Å². The van der Waals surface area contributed by atoms with Crippen molar-refractivity contribution in [1.29, 1.82) is 0 Å². The van der Waals surface area contributed by atoms with E-state index in [2.05, 4.69) is 91.8 Å². The summed E-state index contributed by atoms with van der Waals surface area (Å²) in [5.41, 5.74) is 8.47. The molecule has 0 aromatic heterocycles. The summed E-state index contributed by atoms with van der Waals surface area (Å²) in [6, 6.07) is 9.49. The number of rotatable bonds is 6. The van der Waals surface area contributed by atoms with Crippen LogP contribution in [0.25, 0.3) is 0 Å². The van der Waals surface area contributed by atoms with Crippen molar-refractivity contribution in [2.24, 2.45) is 11.8 Å². The van der Waals surface area contributed by atoms with E-state index in [0.29, 0.717) is 11.8 Å². The van der Waals surface area contributed by atoms with Crippen molar-refractivity contribution >= 4 is 39.8 Å². The summed E-state index contributed by atoms with van der Waals surface area (Å²) < 4.78 is 0. The maximum atomic E-state index is 6.43. The smallest absolute Gasteiger partial charge is 0.155 e. The first-order chi connectivity index (χ1) is 14.1. The fourth-order valence-corrected chi connectivity index (χ4v) is 9.25. The summed E-state index contributed by atoms with van der Waals surface area (Å²) in [4.78, 5) is 0. The third kappa shape index (κ3) is 3.30. The Kier molecular flexibility index (Phi) is 6.85. The SMILES string of the molecule is CC1=C(C)C(c2ccc(C3(C(C)C)C=C([SiH2]Cl)C(C)=C3C)cc2)(C(C)C)C=C1[SiH2]Cl. The average Bonchev–Trinajstić information content (AvgIpc) is 3.15. The molecule has 0 saturated carbocycles. The van der Waals surface area contributed by atoms with E-state index in [4.69, 9.17) is 22.2 Å². The molecule has 0 amide bonds. The third-order valence-corrected chi connectivity index (χ3v) is 11.9. The van der Waals surface area contributed by atoms with Crippen molar-refractivity contribution in [2.75, 3.05) is 0 Å². The van der Waals surface area contributed by atoms with E-state index in [1.807, 2.05) is 0 Å². The van der Waals surface area contributed by atoms with E-state index in [1.165, 1.54) is 43.8 Å². The molecule has 0 saturated heterocycles. The number of hydrogen-bond donors (Lipinski definition) is 0. The van der Waals surface area contributed by atoms with Crippen LogP contribution in [0.3, 0.4) is 0 Å². The molecule has 0 N–H and O–H groups in total. The Morgan fingerprint density at radius 1 is 0.633 bits per heavy atom. The molecule has 0 fully saturated rings. The van der Waals surface area contributed by atoms with Crippen LogP contribution in [0.15, 0.2) is 69.1 Å². The molecular weight excluding hydrogens is 439 g/mol. The lowest BCUT2D eigenvalue weighted by Crippen LogP contribution is -2.32. The van der Waals surface area contributed by atoms with Crippen molar-refractivity contribution < 1.29 is 0 Å². The minimum Gasteiger partial charge on any atom is -0.170 e. The van der Waals surface area contributed by atoms with Gasteiger partial charge < -0.3 is 0 Å². The van der Waals surface area contributed by atoms with Gasteiger partial charge in [-0.15, -0.1) is 0 Å². The van der Waals surface area contributed by atoms with E-state index in [1.54, 1.807) is 0 Å². The third-order valence-electron chi connectivity index (χ3n) is 8.08. The molecule has 1 aromatic carbocycles. The summed E-state index contributed by atoms with van der Waals surface area (Å²) >= 11 is 12.9. The number of halogens is 2. The van der Waals surface area contributed by atoms with Gasteiger partial charge in [-0.3, -0.25) is 0 Å². The summed E-state index contributed by atoms with van der Waals surface area (Å²) in [7, 11) is -1.41. The van der Waals surface area contributed by atoms with Gasteiger partial charge in [0.05, 0.1) is 0 Å². The summed E-state index contributed by atoms with van der Waals surface area (Å²) in [5, 5.41) is 2.82. The molecule has 2 aliphatic rings. The first-order valence-corrected chi connectivity index (χ1v) is 16.8. The second kappa shape index (κ2) is 8.62. The summed E-state index contributed by atoms with van der Waals surface area (Å²) in [6.07, 6.45) is 4.97. The molecule has 0 radical (unpaired) electrons. The van der Waals surface area contributed by atoms with Crippen LogP contribution in [-0.4, -0.2) is 17.7 Å². The zero-order valence-corrected chi connectivity index (χ0v) is 24.1. The van der Waals surface area contributed by atoms with Crippen LogP contribution in [0.2, 0.25) is 0 Å². The zero-order valence-electron chi connectivity index (χ0n) is 19.8. The molecule has 2 atom stereocenters. The molecule has 1 aromatic rings. The summed E-state index contributed by atoms with van der Waals surface area (Å²) in [6.45, 7) is 18.5. The molecule has 0 aliphatic heterocycles. The predicted octanol–water partition coefficient (Wildman–Crippen LogP) is 6.59. The zero-order chi connectivity index (χ0) is 22.4. The van der Waals surface area contributed by atoms with E-state index < -0.39 is 17.7 Å². The largest absolute Gasteiger partial charge is 0.170 e. The minimum atomic E-state index is -0.703. The lowest BCUT2D eigenvalue weighted by Gasteiger charge is -2.38. The van der Waals surface area contributed by atoms with Crippen molar-refractivity contribution in [1.82, 2.24) is 0 Å². The number of hydrogen-bond acceptors (Lipinski definition) is 0. The van der Waals surface area contributed by atoms with Gasteiger partial charge in [0.2, 0.25) is 0 Å². The van der Waals surface area contributed by atoms with Gasteiger partial charge in [0.25, 0.3) is 0 Å². The van der Waals surface area contributed by atoms with Gasteiger partial charge in [0.1, 0.15) is 0 Å². The predicted molar refractivity (Wildman–Crippen MR) is 141 cm³/mol. The molecular formula is C26H36Cl2Si2. The molecule has 4 heteroatoms. The summed E-state index contributed by atoms with van der Waals surface area (Å²) in [5.74, 6) is 0.965. The lowest BCUT2D eigenvalue weighted by atomic mass is 9.65. The van der Waals surface area contributed by atoms with Gasteiger partial charge in [-0.1, -0.05) is 86.4 Å². The maximum absolute atomic E-state index is 6.43. The molecule has 30 heavy (non-hydrogen) atoms. The Labute approximate surface area is 197 Å². The van der Waals surface area contributed by atoms with Gasteiger partial charge in [-0.05, 0) is 61.1 Å². The number of allylic oxidation sites excluding steroid dienone is 8. The molecule has 3 rings (SSSR count). The minimum absolute atomic E-state index is 0.0364. The topological polar surface area (TPSA) is 0 Å². The first-order valence-electron chi connectivity index (χ1n) is 11.1. The van der Waals surface area contributed by atoms with E-state index >= 15 is 0 Å². The van der Waals surface area contributed by atoms with Crippen LogP contribution in [0.4, 0.5) is 0 Å². The molecule has 0 nitrogen and oxygen atoms in total. The van der Waals surface area contributed by atoms with E-state index in [0.717, 1.165) is 0 Å². The first kappa shape index (κ1) is 23.8. The Bertz CT molecular complexity index is 884. The van der Waals surface area contributed by atoms with Gasteiger partial charge in [0, 0.05) is 10.8 Å². The van der Waals surface area contributed by atoms with Crippen LogP contribution >= 0.6 is 22.2 Å². The normalized spacial score (nSPS) is 27.7. The molecule has 2 unspecified atom stereocenters. The van der Waals surface area contributed by atoms with E-state index in [9.17, 15) is 0 Å². The van der Waals surface area contributed by atoms with Crippen molar-refractivity contribution in [2.45, 2.75) is 66.2 Å². The van der Waals surface area contributed by atoms with Gasteiger partial charge in [-0.25, -0.2) is 0 Å². The van der Waals surface area contributed by atoms with Gasteiger partial charge in [0.15, 0.2) is 17.7 Å². The van der Waals surface area contributed by atoms with Crippen LogP contribution < -0.4 is 0 Å². The van der Waals surface area contributed by atoms with Crippen molar-refractivity contribution in [3.05, 3.63) is 80.2 Å². The Hall–Kier alpha value is -0.806. The van der Waals surface area contributed by atoms with Gasteiger partial charge >= 0.3 is 0 Å². The van der Waals surface area contributed by atoms with Crippen LogP contribution in [-0.2, 0) is 10.8 Å².